The summed E-state index contributed by atoms with van der Waals surface area (Å²) in [5.41, 5.74) is 1.12. The molecule has 0 aliphatic heterocycles. The SMILES string of the molecule is COC1C(=O)CC1OCc1ccccc1. The first kappa shape index (κ1) is 10.3. The minimum Gasteiger partial charge on any atom is -0.371 e. The van der Waals surface area contributed by atoms with Gasteiger partial charge < -0.3 is 9.47 Å². The van der Waals surface area contributed by atoms with Crippen molar-refractivity contribution in [2.75, 3.05) is 7.11 Å². The van der Waals surface area contributed by atoms with Crippen LogP contribution in [0.25, 0.3) is 0 Å². The molecular weight excluding hydrogens is 192 g/mol. The third-order valence-corrected chi connectivity index (χ3v) is 2.62. The maximum absolute atomic E-state index is 11.1. The van der Waals surface area contributed by atoms with Gasteiger partial charge in [0.05, 0.1) is 12.7 Å². The van der Waals surface area contributed by atoms with Crippen LogP contribution >= 0.6 is 0 Å². The van der Waals surface area contributed by atoms with Gasteiger partial charge in [-0.3, -0.25) is 4.79 Å². The molecular formula is C12H14O3. The van der Waals surface area contributed by atoms with E-state index < -0.39 is 0 Å². The normalized spacial score (nSPS) is 25.0. The van der Waals surface area contributed by atoms with Gasteiger partial charge in [0.2, 0.25) is 0 Å². The standard InChI is InChI=1S/C12H14O3/c1-14-12-10(13)7-11(12)15-8-9-5-3-2-4-6-9/h2-6,11-12H,7-8H2,1H3. The Labute approximate surface area is 89.0 Å². The van der Waals surface area contributed by atoms with Crippen molar-refractivity contribution >= 4 is 5.78 Å². The Morgan fingerprint density at radius 2 is 2.07 bits per heavy atom. The summed E-state index contributed by atoms with van der Waals surface area (Å²) in [6, 6.07) is 9.91. The summed E-state index contributed by atoms with van der Waals surface area (Å²) in [7, 11) is 1.54. The van der Waals surface area contributed by atoms with E-state index in [9.17, 15) is 4.79 Å². The number of benzene rings is 1. The van der Waals surface area contributed by atoms with Gasteiger partial charge in [-0.2, -0.15) is 0 Å². The molecule has 1 saturated carbocycles. The number of carbonyl (C=O) groups is 1. The average molecular weight is 206 g/mol. The van der Waals surface area contributed by atoms with Crippen molar-refractivity contribution in [2.24, 2.45) is 0 Å². The van der Waals surface area contributed by atoms with E-state index in [1.807, 2.05) is 30.3 Å². The molecule has 0 N–H and O–H groups in total. The first-order valence-corrected chi connectivity index (χ1v) is 5.02. The zero-order valence-corrected chi connectivity index (χ0v) is 8.68. The van der Waals surface area contributed by atoms with Crippen LogP contribution in [0, 0.1) is 0 Å². The number of rotatable bonds is 4. The zero-order chi connectivity index (χ0) is 10.7. The molecule has 0 saturated heterocycles. The van der Waals surface area contributed by atoms with E-state index in [1.165, 1.54) is 0 Å². The van der Waals surface area contributed by atoms with Gasteiger partial charge in [0, 0.05) is 13.5 Å². The predicted octanol–water partition coefficient (Wildman–Crippen LogP) is 1.56. The van der Waals surface area contributed by atoms with E-state index in [0.717, 1.165) is 5.56 Å². The van der Waals surface area contributed by atoms with Gasteiger partial charge in [-0.25, -0.2) is 0 Å². The quantitative estimate of drug-likeness (QED) is 0.750. The predicted molar refractivity (Wildman–Crippen MR) is 55.4 cm³/mol. The molecule has 1 aromatic carbocycles. The third-order valence-electron chi connectivity index (χ3n) is 2.62. The maximum atomic E-state index is 11.1. The van der Waals surface area contributed by atoms with Crippen LogP contribution in [0.5, 0.6) is 0 Å². The minimum atomic E-state index is -0.353. The lowest BCUT2D eigenvalue weighted by Crippen LogP contribution is -2.49. The van der Waals surface area contributed by atoms with E-state index in [2.05, 4.69) is 0 Å². The lowest BCUT2D eigenvalue weighted by Gasteiger charge is -2.33. The van der Waals surface area contributed by atoms with Crippen molar-refractivity contribution in [1.82, 2.24) is 0 Å². The van der Waals surface area contributed by atoms with E-state index in [1.54, 1.807) is 7.11 Å². The highest BCUT2D eigenvalue weighted by Gasteiger charge is 2.40. The lowest BCUT2D eigenvalue weighted by atomic mass is 9.90. The van der Waals surface area contributed by atoms with Crippen molar-refractivity contribution in [3.05, 3.63) is 35.9 Å². The Balaban J connectivity index is 1.82. The van der Waals surface area contributed by atoms with E-state index in [4.69, 9.17) is 9.47 Å². The first-order valence-electron chi connectivity index (χ1n) is 5.02. The third kappa shape index (κ3) is 2.25. The number of Topliss-reactive ketones (excluding diaryl/α,β-unsaturated/α-hetero) is 1. The number of hydrogen-bond acceptors (Lipinski definition) is 3. The number of ketones is 1. The van der Waals surface area contributed by atoms with Gasteiger partial charge in [0.1, 0.15) is 6.10 Å². The number of methoxy groups -OCH3 is 1. The number of carbonyl (C=O) groups excluding carboxylic acids is 1. The minimum absolute atomic E-state index is 0.0669. The van der Waals surface area contributed by atoms with Crippen molar-refractivity contribution in [3.63, 3.8) is 0 Å². The Hall–Kier alpha value is -1.19. The van der Waals surface area contributed by atoms with Gasteiger partial charge in [0.25, 0.3) is 0 Å². The second-order valence-electron chi connectivity index (χ2n) is 3.66. The summed E-state index contributed by atoms with van der Waals surface area (Å²) < 4.78 is 10.6. The van der Waals surface area contributed by atoms with Gasteiger partial charge in [-0.05, 0) is 5.56 Å². The molecule has 1 aliphatic rings. The molecule has 2 atom stereocenters. The summed E-state index contributed by atoms with van der Waals surface area (Å²) in [5.74, 6) is 0.135. The molecule has 1 aliphatic carbocycles. The molecule has 0 radical (unpaired) electrons. The van der Waals surface area contributed by atoms with Crippen molar-refractivity contribution in [2.45, 2.75) is 25.2 Å². The largest absolute Gasteiger partial charge is 0.371 e. The summed E-state index contributed by atoms with van der Waals surface area (Å²) in [6.07, 6.45) is 0.0575. The first-order chi connectivity index (χ1) is 7.31. The second kappa shape index (κ2) is 4.55. The van der Waals surface area contributed by atoms with E-state index in [0.29, 0.717) is 13.0 Å². The molecule has 1 fully saturated rings. The van der Waals surface area contributed by atoms with Gasteiger partial charge in [-0.1, -0.05) is 30.3 Å². The van der Waals surface area contributed by atoms with Crippen molar-refractivity contribution < 1.29 is 14.3 Å². The van der Waals surface area contributed by atoms with Crippen LogP contribution in [-0.4, -0.2) is 25.1 Å². The monoisotopic (exact) mass is 206 g/mol. The summed E-state index contributed by atoms with van der Waals surface area (Å²) in [4.78, 5) is 11.1. The second-order valence-corrected chi connectivity index (χ2v) is 3.66. The van der Waals surface area contributed by atoms with Gasteiger partial charge in [0.15, 0.2) is 5.78 Å². The fourth-order valence-corrected chi connectivity index (χ4v) is 1.68. The molecule has 0 spiro atoms. The summed E-state index contributed by atoms with van der Waals surface area (Å²) >= 11 is 0. The number of ether oxygens (including phenoxy) is 2. The number of hydrogen-bond donors (Lipinski definition) is 0. The molecule has 0 heterocycles. The topological polar surface area (TPSA) is 35.5 Å². The van der Waals surface area contributed by atoms with Crippen molar-refractivity contribution in [1.29, 1.82) is 0 Å². The molecule has 2 unspecified atom stereocenters. The van der Waals surface area contributed by atoms with Crippen LogP contribution in [0.1, 0.15) is 12.0 Å². The molecule has 80 valence electrons. The lowest BCUT2D eigenvalue weighted by molar-refractivity contribution is -0.163. The molecule has 3 nitrogen and oxygen atoms in total. The van der Waals surface area contributed by atoms with Crippen LogP contribution in [-0.2, 0) is 20.9 Å². The van der Waals surface area contributed by atoms with Crippen LogP contribution in [0.3, 0.4) is 0 Å². The molecule has 0 aromatic heterocycles. The maximum Gasteiger partial charge on any atom is 0.166 e. The van der Waals surface area contributed by atoms with Gasteiger partial charge >= 0.3 is 0 Å². The zero-order valence-electron chi connectivity index (χ0n) is 8.68. The summed E-state index contributed by atoms with van der Waals surface area (Å²) in [6.45, 7) is 0.540. The molecule has 2 rings (SSSR count). The van der Waals surface area contributed by atoms with Crippen LogP contribution in [0.4, 0.5) is 0 Å². The highest BCUT2D eigenvalue weighted by molar-refractivity contribution is 5.90. The highest BCUT2D eigenvalue weighted by atomic mass is 16.5. The molecule has 15 heavy (non-hydrogen) atoms. The molecule has 0 bridgehead atoms. The Morgan fingerprint density at radius 1 is 1.33 bits per heavy atom. The van der Waals surface area contributed by atoms with Crippen LogP contribution < -0.4 is 0 Å². The molecule has 1 aromatic rings. The Morgan fingerprint density at radius 3 is 2.67 bits per heavy atom. The fourth-order valence-electron chi connectivity index (χ4n) is 1.68. The van der Waals surface area contributed by atoms with E-state index >= 15 is 0 Å². The molecule has 0 amide bonds. The summed E-state index contributed by atoms with van der Waals surface area (Å²) in [5, 5.41) is 0. The van der Waals surface area contributed by atoms with Gasteiger partial charge in [-0.15, -0.1) is 0 Å². The van der Waals surface area contributed by atoms with E-state index in [-0.39, 0.29) is 18.0 Å². The highest BCUT2D eigenvalue weighted by Crippen LogP contribution is 2.23. The Bertz CT molecular complexity index is 334. The average Bonchev–Trinajstić information content (AvgIpc) is 2.26. The van der Waals surface area contributed by atoms with Crippen molar-refractivity contribution in [3.8, 4) is 0 Å². The Kier molecular flexibility index (Phi) is 3.14. The van der Waals surface area contributed by atoms with Crippen LogP contribution in [0.15, 0.2) is 30.3 Å². The van der Waals surface area contributed by atoms with Crippen LogP contribution in [0.2, 0.25) is 0 Å². The fraction of sp³-hybridized carbons (Fsp3) is 0.417. The molecule has 3 heteroatoms. The smallest absolute Gasteiger partial charge is 0.166 e.